The van der Waals surface area contributed by atoms with Gasteiger partial charge in [-0.15, -0.1) is 11.3 Å². The first-order chi connectivity index (χ1) is 9.19. The van der Waals surface area contributed by atoms with E-state index in [1.807, 2.05) is 6.20 Å². The van der Waals surface area contributed by atoms with Crippen LogP contribution in [-0.2, 0) is 0 Å². The van der Waals surface area contributed by atoms with Crippen molar-refractivity contribution in [3.05, 3.63) is 16.6 Å². The second kappa shape index (κ2) is 7.39. The third-order valence-corrected chi connectivity index (χ3v) is 5.07. The van der Waals surface area contributed by atoms with Gasteiger partial charge in [-0.25, -0.2) is 4.98 Å². The number of hydrogen-bond donors (Lipinski definition) is 1. The fourth-order valence-corrected chi connectivity index (χ4v) is 4.16. The monoisotopic (exact) mass is 280 g/mol. The van der Waals surface area contributed by atoms with Gasteiger partial charge < -0.3 is 5.32 Å². The molecule has 0 radical (unpaired) electrons. The van der Waals surface area contributed by atoms with Crippen LogP contribution in [-0.4, -0.2) is 11.0 Å². The summed E-state index contributed by atoms with van der Waals surface area (Å²) in [7, 11) is 0. The first-order valence-electron chi connectivity index (χ1n) is 7.84. The molecule has 2 rings (SSSR count). The van der Waals surface area contributed by atoms with Crippen LogP contribution in [0.25, 0.3) is 0 Å². The summed E-state index contributed by atoms with van der Waals surface area (Å²) < 4.78 is 0. The molecule has 1 N–H and O–H groups in total. The Hall–Kier alpha value is -0.410. The van der Waals surface area contributed by atoms with E-state index in [1.54, 1.807) is 11.3 Å². The zero-order chi connectivity index (χ0) is 13.7. The van der Waals surface area contributed by atoms with Gasteiger partial charge in [-0.2, -0.15) is 0 Å². The third kappa shape index (κ3) is 4.57. The SMILES string of the molecule is CCC(NC1CCCC(CC(C)C)C1)c1nccs1. The summed E-state index contributed by atoms with van der Waals surface area (Å²) in [5.74, 6) is 1.77. The Bertz CT molecular complexity index is 348. The van der Waals surface area contributed by atoms with Crippen molar-refractivity contribution in [1.82, 2.24) is 10.3 Å². The van der Waals surface area contributed by atoms with Crippen molar-refractivity contribution in [1.29, 1.82) is 0 Å². The maximum Gasteiger partial charge on any atom is 0.109 e. The molecule has 1 aliphatic rings. The van der Waals surface area contributed by atoms with Crippen LogP contribution in [0.15, 0.2) is 11.6 Å². The highest BCUT2D eigenvalue weighted by atomic mass is 32.1. The van der Waals surface area contributed by atoms with E-state index in [9.17, 15) is 0 Å². The second-order valence-corrected chi connectivity index (χ2v) is 7.28. The van der Waals surface area contributed by atoms with Gasteiger partial charge in [-0.3, -0.25) is 0 Å². The molecule has 0 spiro atoms. The Kier molecular flexibility index (Phi) is 5.83. The summed E-state index contributed by atoms with van der Waals surface area (Å²) in [5, 5.41) is 7.20. The van der Waals surface area contributed by atoms with Crippen molar-refractivity contribution in [3.63, 3.8) is 0 Å². The lowest BCUT2D eigenvalue weighted by molar-refractivity contribution is 0.238. The van der Waals surface area contributed by atoms with E-state index in [-0.39, 0.29) is 0 Å². The molecule has 1 fully saturated rings. The predicted octanol–water partition coefficient (Wildman–Crippen LogP) is 4.79. The number of nitrogens with one attached hydrogen (secondary N) is 1. The number of hydrogen-bond acceptors (Lipinski definition) is 3. The third-order valence-electron chi connectivity index (χ3n) is 4.18. The fraction of sp³-hybridized carbons (Fsp3) is 0.812. The van der Waals surface area contributed by atoms with Crippen LogP contribution in [0.1, 0.15) is 70.3 Å². The minimum absolute atomic E-state index is 0.461. The first kappa shape index (κ1) is 15.0. The molecule has 108 valence electrons. The van der Waals surface area contributed by atoms with Crippen LogP contribution < -0.4 is 5.32 Å². The van der Waals surface area contributed by atoms with Gasteiger partial charge in [0, 0.05) is 17.6 Å². The Morgan fingerprint density at radius 3 is 2.89 bits per heavy atom. The largest absolute Gasteiger partial charge is 0.305 e. The van der Waals surface area contributed by atoms with Crippen molar-refractivity contribution in [2.45, 2.75) is 71.4 Å². The van der Waals surface area contributed by atoms with Crippen LogP contribution in [0.3, 0.4) is 0 Å². The lowest BCUT2D eigenvalue weighted by Gasteiger charge is -2.33. The maximum atomic E-state index is 4.48. The van der Waals surface area contributed by atoms with Crippen molar-refractivity contribution in [3.8, 4) is 0 Å². The molecule has 1 aromatic rings. The van der Waals surface area contributed by atoms with Gasteiger partial charge >= 0.3 is 0 Å². The van der Waals surface area contributed by atoms with Crippen molar-refractivity contribution in [2.24, 2.45) is 11.8 Å². The van der Waals surface area contributed by atoms with E-state index >= 15 is 0 Å². The summed E-state index contributed by atoms with van der Waals surface area (Å²) >= 11 is 1.78. The molecule has 1 saturated carbocycles. The number of thiazole rings is 1. The molecule has 2 nitrogen and oxygen atoms in total. The zero-order valence-corrected chi connectivity index (χ0v) is 13.4. The maximum absolute atomic E-state index is 4.48. The van der Waals surface area contributed by atoms with Crippen molar-refractivity contribution >= 4 is 11.3 Å². The fourth-order valence-electron chi connectivity index (χ4n) is 3.38. The van der Waals surface area contributed by atoms with Gasteiger partial charge in [0.25, 0.3) is 0 Å². The topological polar surface area (TPSA) is 24.9 Å². The highest BCUT2D eigenvalue weighted by Gasteiger charge is 2.25. The average molecular weight is 280 g/mol. The molecule has 0 aliphatic heterocycles. The lowest BCUT2D eigenvalue weighted by atomic mass is 9.81. The van der Waals surface area contributed by atoms with Gasteiger partial charge in [-0.05, 0) is 37.5 Å². The lowest BCUT2D eigenvalue weighted by Crippen LogP contribution is -2.37. The molecule has 0 saturated heterocycles. The van der Waals surface area contributed by atoms with E-state index in [0.29, 0.717) is 12.1 Å². The molecule has 1 aliphatic carbocycles. The number of aromatic nitrogens is 1. The molecular formula is C16H28N2S. The Balaban J connectivity index is 1.87. The molecule has 19 heavy (non-hydrogen) atoms. The highest BCUT2D eigenvalue weighted by Crippen LogP contribution is 2.31. The number of nitrogens with zero attached hydrogens (tertiary/aromatic N) is 1. The zero-order valence-electron chi connectivity index (χ0n) is 12.6. The first-order valence-corrected chi connectivity index (χ1v) is 8.72. The summed E-state index contributed by atoms with van der Waals surface area (Å²) in [5.41, 5.74) is 0. The van der Waals surface area contributed by atoms with Gasteiger partial charge in [-0.1, -0.05) is 33.6 Å². The molecule has 0 aromatic carbocycles. The molecule has 1 aromatic heterocycles. The molecule has 0 amide bonds. The molecule has 0 bridgehead atoms. The standard InChI is InChI=1S/C16H28N2S/c1-4-15(16-17-8-9-19-16)18-14-7-5-6-13(11-14)10-12(2)3/h8-9,12-15,18H,4-7,10-11H2,1-3H3. The van der Waals surface area contributed by atoms with E-state index in [0.717, 1.165) is 18.3 Å². The van der Waals surface area contributed by atoms with Gasteiger partial charge in [0.15, 0.2) is 0 Å². The molecule has 3 unspecified atom stereocenters. The molecule has 3 atom stereocenters. The Morgan fingerprint density at radius 1 is 1.42 bits per heavy atom. The van der Waals surface area contributed by atoms with Crippen molar-refractivity contribution in [2.75, 3.05) is 0 Å². The van der Waals surface area contributed by atoms with E-state index < -0.39 is 0 Å². The van der Waals surface area contributed by atoms with Gasteiger partial charge in [0.2, 0.25) is 0 Å². The van der Waals surface area contributed by atoms with Crippen LogP contribution in [0, 0.1) is 11.8 Å². The summed E-state index contributed by atoms with van der Waals surface area (Å²) in [4.78, 5) is 4.48. The normalized spacial score (nSPS) is 25.7. The van der Waals surface area contributed by atoms with Crippen molar-refractivity contribution < 1.29 is 0 Å². The number of rotatable bonds is 6. The summed E-state index contributed by atoms with van der Waals surface area (Å²) in [6.45, 7) is 6.95. The van der Waals surface area contributed by atoms with Crippen LogP contribution in [0.5, 0.6) is 0 Å². The Labute approximate surface area is 122 Å². The van der Waals surface area contributed by atoms with Crippen LogP contribution in [0.2, 0.25) is 0 Å². The predicted molar refractivity (Wildman–Crippen MR) is 83.5 cm³/mol. The second-order valence-electron chi connectivity index (χ2n) is 6.36. The average Bonchev–Trinajstić information content (AvgIpc) is 2.89. The van der Waals surface area contributed by atoms with Crippen LogP contribution >= 0.6 is 11.3 Å². The molecule has 1 heterocycles. The van der Waals surface area contributed by atoms with Gasteiger partial charge in [0.05, 0.1) is 6.04 Å². The smallest absolute Gasteiger partial charge is 0.109 e. The highest BCUT2D eigenvalue weighted by molar-refractivity contribution is 7.09. The molecule has 3 heteroatoms. The van der Waals surface area contributed by atoms with E-state index in [1.165, 1.54) is 37.1 Å². The summed E-state index contributed by atoms with van der Waals surface area (Å²) in [6, 6.07) is 1.16. The van der Waals surface area contributed by atoms with Gasteiger partial charge in [0.1, 0.15) is 5.01 Å². The minimum Gasteiger partial charge on any atom is -0.305 e. The molecular weight excluding hydrogens is 252 g/mol. The minimum atomic E-state index is 0.461. The Morgan fingerprint density at radius 2 is 2.26 bits per heavy atom. The van der Waals surface area contributed by atoms with Crippen LogP contribution in [0.4, 0.5) is 0 Å². The van der Waals surface area contributed by atoms with E-state index in [4.69, 9.17) is 0 Å². The summed E-state index contributed by atoms with van der Waals surface area (Å²) in [6.07, 6.45) is 9.99. The quantitative estimate of drug-likeness (QED) is 0.810. The van der Waals surface area contributed by atoms with E-state index in [2.05, 4.69) is 36.5 Å².